The Hall–Kier alpha value is -0.340. The zero-order valence-corrected chi connectivity index (χ0v) is 11.7. The molecule has 1 nitrogen and oxygen atoms in total. The molecule has 1 unspecified atom stereocenters. The summed E-state index contributed by atoms with van der Waals surface area (Å²) in [6, 6.07) is 7.06. The molecular weight excluding hydrogens is 262 g/mol. The Kier molecular flexibility index (Phi) is 4.04. The summed E-state index contributed by atoms with van der Waals surface area (Å²) in [5.41, 5.74) is 2.84. The lowest BCUT2D eigenvalue weighted by Gasteiger charge is -2.25. The zero-order valence-electron chi connectivity index (χ0n) is 10.1. The second-order valence-corrected chi connectivity index (χ2v) is 5.62. The highest BCUT2D eigenvalue weighted by molar-refractivity contribution is 9.10. The Morgan fingerprint density at radius 1 is 1.31 bits per heavy atom. The van der Waals surface area contributed by atoms with Crippen LogP contribution in [0.5, 0.6) is 0 Å². The zero-order chi connectivity index (χ0) is 11.5. The minimum atomic E-state index is 0.528. The highest BCUT2D eigenvalue weighted by Crippen LogP contribution is 2.37. The lowest BCUT2D eigenvalue weighted by Crippen LogP contribution is -2.24. The summed E-state index contributed by atoms with van der Waals surface area (Å²) in [4.78, 5) is 0. The van der Waals surface area contributed by atoms with Gasteiger partial charge in [-0.15, -0.1) is 0 Å². The minimum Gasteiger partial charge on any atom is -0.313 e. The fourth-order valence-corrected chi connectivity index (χ4v) is 3.28. The first-order chi connectivity index (χ1) is 7.74. The lowest BCUT2D eigenvalue weighted by atomic mass is 9.89. The van der Waals surface area contributed by atoms with Crippen molar-refractivity contribution >= 4 is 15.9 Å². The quantitative estimate of drug-likeness (QED) is 0.875. The van der Waals surface area contributed by atoms with E-state index in [0.29, 0.717) is 6.04 Å². The van der Waals surface area contributed by atoms with Gasteiger partial charge >= 0.3 is 0 Å². The minimum absolute atomic E-state index is 0.528. The number of nitrogens with one attached hydrogen (secondary N) is 1. The molecule has 0 saturated heterocycles. The van der Waals surface area contributed by atoms with Gasteiger partial charge in [-0.25, -0.2) is 0 Å². The molecule has 1 aliphatic rings. The Balaban J connectivity index is 2.28. The number of rotatable bonds is 3. The van der Waals surface area contributed by atoms with Gasteiger partial charge in [0.05, 0.1) is 0 Å². The van der Waals surface area contributed by atoms with E-state index in [1.54, 1.807) is 0 Å². The molecule has 0 radical (unpaired) electrons. The average Bonchev–Trinajstić information content (AvgIpc) is 2.79. The molecule has 2 rings (SSSR count). The van der Waals surface area contributed by atoms with Gasteiger partial charge in [0.15, 0.2) is 0 Å². The van der Waals surface area contributed by atoms with Gasteiger partial charge in [-0.1, -0.05) is 40.9 Å². The van der Waals surface area contributed by atoms with E-state index < -0.39 is 0 Å². The molecule has 1 fully saturated rings. The van der Waals surface area contributed by atoms with Crippen LogP contribution in [0.2, 0.25) is 0 Å². The predicted octanol–water partition coefficient (Wildman–Crippen LogP) is 4.21. The molecule has 16 heavy (non-hydrogen) atoms. The normalized spacial score (nSPS) is 18.9. The van der Waals surface area contributed by atoms with Crippen LogP contribution in [0.15, 0.2) is 22.7 Å². The smallest absolute Gasteiger partial charge is 0.0349 e. The molecule has 1 aromatic carbocycles. The van der Waals surface area contributed by atoms with E-state index >= 15 is 0 Å². The van der Waals surface area contributed by atoms with Crippen molar-refractivity contribution in [3.05, 3.63) is 33.8 Å². The number of benzene rings is 1. The van der Waals surface area contributed by atoms with E-state index in [1.165, 1.54) is 41.3 Å². The van der Waals surface area contributed by atoms with Crippen LogP contribution in [0.3, 0.4) is 0 Å². The van der Waals surface area contributed by atoms with Gasteiger partial charge in [-0.2, -0.15) is 0 Å². The number of hydrogen-bond acceptors (Lipinski definition) is 1. The molecule has 0 bridgehead atoms. The van der Waals surface area contributed by atoms with Crippen molar-refractivity contribution in [3.63, 3.8) is 0 Å². The SMILES string of the molecule is CNC(c1cccc(Br)c1C)C1CCCC1. The monoisotopic (exact) mass is 281 g/mol. The van der Waals surface area contributed by atoms with Gasteiger partial charge in [-0.05, 0) is 49.9 Å². The molecule has 0 aromatic heterocycles. The lowest BCUT2D eigenvalue weighted by molar-refractivity contribution is 0.389. The van der Waals surface area contributed by atoms with Crippen molar-refractivity contribution in [3.8, 4) is 0 Å². The Labute approximate surface area is 107 Å². The summed E-state index contributed by atoms with van der Waals surface area (Å²) in [5, 5.41) is 3.51. The molecule has 1 aromatic rings. The van der Waals surface area contributed by atoms with E-state index in [0.717, 1.165) is 5.92 Å². The van der Waals surface area contributed by atoms with Gasteiger partial charge in [0, 0.05) is 10.5 Å². The van der Waals surface area contributed by atoms with E-state index in [4.69, 9.17) is 0 Å². The second-order valence-electron chi connectivity index (χ2n) is 4.76. The van der Waals surface area contributed by atoms with E-state index in [9.17, 15) is 0 Å². The first-order valence-electron chi connectivity index (χ1n) is 6.16. The molecule has 1 atom stereocenters. The molecule has 1 aliphatic carbocycles. The molecule has 1 saturated carbocycles. The third-order valence-corrected chi connectivity index (χ3v) is 4.69. The van der Waals surface area contributed by atoms with Gasteiger partial charge in [0.2, 0.25) is 0 Å². The Bertz CT molecular complexity index is 356. The van der Waals surface area contributed by atoms with Crippen LogP contribution in [0.1, 0.15) is 42.9 Å². The predicted molar refractivity (Wildman–Crippen MR) is 72.6 cm³/mol. The molecule has 2 heteroatoms. The van der Waals surface area contributed by atoms with Gasteiger partial charge in [0.1, 0.15) is 0 Å². The van der Waals surface area contributed by atoms with Crippen molar-refractivity contribution < 1.29 is 0 Å². The van der Waals surface area contributed by atoms with E-state index in [-0.39, 0.29) is 0 Å². The highest BCUT2D eigenvalue weighted by atomic mass is 79.9. The fourth-order valence-electron chi connectivity index (χ4n) is 2.90. The van der Waals surface area contributed by atoms with Crippen LogP contribution < -0.4 is 5.32 Å². The van der Waals surface area contributed by atoms with Gasteiger partial charge < -0.3 is 5.32 Å². The van der Waals surface area contributed by atoms with Crippen LogP contribution >= 0.6 is 15.9 Å². The third-order valence-electron chi connectivity index (χ3n) is 3.83. The average molecular weight is 282 g/mol. The maximum atomic E-state index is 3.62. The molecule has 0 amide bonds. The van der Waals surface area contributed by atoms with Crippen molar-refractivity contribution in [2.75, 3.05) is 7.05 Å². The maximum Gasteiger partial charge on any atom is 0.0349 e. The topological polar surface area (TPSA) is 12.0 Å². The first kappa shape index (κ1) is 12.1. The summed E-state index contributed by atoms with van der Waals surface area (Å²) in [6.45, 7) is 2.21. The number of halogens is 1. The molecule has 1 N–H and O–H groups in total. The Morgan fingerprint density at radius 3 is 2.62 bits per heavy atom. The van der Waals surface area contributed by atoms with E-state index in [2.05, 4.69) is 53.4 Å². The number of hydrogen-bond donors (Lipinski definition) is 1. The van der Waals surface area contributed by atoms with Crippen LogP contribution in [0, 0.1) is 12.8 Å². The molecule has 0 heterocycles. The van der Waals surface area contributed by atoms with Crippen molar-refractivity contribution in [1.29, 1.82) is 0 Å². The second kappa shape index (κ2) is 5.33. The van der Waals surface area contributed by atoms with Gasteiger partial charge in [-0.3, -0.25) is 0 Å². The summed E-state index contributed by atoms with van der Waals surface area (Å²) in [7, 11) is 2.09. The third kappa shape index (κ3) is 2.33. The van der Waals surface area contributed by atoms with Crippen molar-refractivity contribution in [1.82, 2.24) is 5.32 Å². The Morgan fingerprint density at radius 2 is 2.00 bits per heavy atom. The maximum absolute atomic E-state index is 3.62. The highest BCUT2D eigenvalue weighted by Gasteiger charge is 2.26. The van der Waals surface area contributed by atoms with Crippen molar-refractivity contribution in [2.45, 2.75) is 38.6 Å². The molecule has 0 spiro atoms. The standard InChI is InChI=1S/C14H20BrN/c1-10-12(8-5-9-13(10)15)14(16-2)11-6-3-4-7-11/h5,8-9,11,14,16H,3-4,6-7H2,1-2H3. The largest absolute Gasteiger partial charge is 0.313 e. The summed E-state index contributed by atoms with van der Waals surface area (Å²) < 4.78 is 1.23. The van der Waals surface area contributed by atoms with Gasteiger partial charge in [0.25, 0.3) is 0 Å². The summed E-state index contributed by atoms with van der Waals surface area (Å²) in [5.74, 6) is 0.818. The van der Waals surface area contributed by atoms with Crippen molar-refractivity contribution in [2.24, 2.45) is 5.92 Å². The summed E-state index contributed by atoms with van der Waals surface area (Å²) in [6.07, 6.45) is 5.54. The molecule has 88 valence electrons. The first-order valence-corrected chi connectivity index (χ1v) is 6.95. The summed E-state index contributed by atoms with van der Waals surface area (Å²) >= 11 is 3.62. The van der Waals surface area contributed by atoms with E-state index in [1.807, 2.05) is 0 Å². The van der Waals surface area contributed by atoms with Crippen LogP contribution in [0.4, 0.5) is 0 Å². The van der Waals surface area contributed by atoms with Crippen LogP contribution in [-0.2, 0) is 0 Å². The molecule has 0 aliphatic heterocycles. The van der Waals surface area contributed by atoms with Crippen LogP contribution in [-0.4, -0.2) is 7.05 Å². The van der Waals surface area contributed by atoms with Crippen LogP contribution in [0.25, 0.3) is 0 Å². The molecular formula is C14H20BrN. The fraction of sp³-hybridized carbons (Fsp3) is 0.571.